The van der Waals surface area contributed by atoms with E-state index in [2.05, 4.69) is 16.5 Å². The lowest BCUT2D eigenvalue weighted by Crippen LogP contribution is -2.50. The summed E-state index contributed by atoms with van der Waals surface area (Å²) in [4.78, 5) is 27.7. The molecule has 1 N–H and O–H groups in total. The highest BCUT2D eigenvalue weighted by Crippen LogP contribution is 2.45. The third-order valence-electron chi connectivity index (χ3n) is 6.44. The van der Waals surface area contributed by atoms with Gasteiger partial charge in [0.15, 0.2) is 15.5 Å². The lowest BCUT2D eigenvalue weighted by Gasteiger charge is -2.35. The van der Waals surface area contributed by atoms with Gasteiger partial charge in [-0.3, -0.25) is 14.3 Å². The van der Waals surface area contributed by atoms with Crippen LogP contribution in [0.25, 0.3) is 0 Å². The predicted molar refractivity (Wildman–Crippen MR) is 117 cm³/mol. The van der Waals surface area contributed by atoms with Gasteiger partial charge in [-0.15, -0.1) is 0 Å². The van der Waals surface area contributed by atoms with E-state index in [1.165, 1.54) is 10.9 Å². The topological polar surface area (TPSA) is 125 Å². The molecular weight excluding hydrogens is 430 g/mol. The number of aromatic nitrogens is 2. The molecule has 4 rings (SSSR count). The molecule has 2 aliphatic rings. The number of nitrogens with one attached hydrogen (secondary N) is 1. The maximum Gasteiger partial charge on any atom is 0.272 e. The minimum Gasteiger partial charge on any atom is -0.347 e. The summed E-state index contributed by atoms with van der Waals surface area (Å²) in [7, 11) is -1.65. The van der Waals surface area contributed by atoms with Gasteiger partial charge in [0, 0.05) is 38.0 Å². The van der Waals surface area contributed by atoms with Crippen molar-refractivity contribution in [2.45, 2.75) is 43.5 Å². The zero-order valence-electron chi connectivity index (χ0n) is 18.3. The normalized spacial score (nSPS) is 19.2. The third kappa shape index (κ3) is 3.77. The molecule has 1 aliphatic heterocycles. The third-order valence-corrected chi connectivity index (χ3v) is 8.55. The standard InChI is InChI=1S/C22H25N5O4S/c1-14-10-17-18(20(28)24-12-16-6-4-15(11-23)5-7-16)25-26(2)19(17)21(29)27(14)13-22(8-9-22)32(3,30)31/h4-7,14H,8-10,12-13H2,1-3H3,(H,24,28). The van der Waals surface area contributed by atoms with Crippen molar-refractivity contribution in [2.24, 2.45) is 7.05 Å². The van der Waals surface area contributed by atoms with Crippen LogP contribution in [0.1, 0.15) is 57.4 Å². The average molecular weight is 456 g/mol. The summed E-state index contributed by atoms with van der Waals surface area (Å²) >= 11 is 0. The molecule has 1 aromatic heterocycles. The maximum atomic E-state index is 13.3. The zero-order chi connectivity index (χ0) is 23.3. The molecule has 2 aromatic rings. The number of amides is 2. The van der Waals surface area contributed by atoms with Crippen LogP contribution in [0.3, 0.4) is 0 Å². The van der Waals surface area contributed by atoms with E-state index in [0.717, 1.165) is 5.56 Å². The minimum absolute atomic E-state index is 0.163. The maximum absolute atomic E-state index is 13.3. The summed E-state index contributed by atoms with van der Waals surface area (Å²) < 4.78 is 25.0. The lowest BCUT2D eigenvalue weighted by molar-refractivity contribution is 0.0650. The monoisotopic (exact) mass is 455 g/mol. The van der Waals surface area contributed by atoms with E-state index < -0.39 is 14.6 Å². The van der Waals surface area contributed by atoms with Gasteiger partial charge in [0.1, 0.15) is 5.69 Å². The van der Waals surface area contributed by atoms with Gasteiger partial charge in [-0.2, -0.15) is 10.4 Å². The van der Waals surface area contributed by atoms with Gasteiger partial charge in [-0.05, 0) is 43.9 Å². The molecule has 9 nitrogen and oxygen atoms in total. The second kappa shape index (κ2) is 7.74. The number of nitriles is 1. The Hall–Kier alpha value is -3.19. The summed E-state index contributed by atoms with van der Waals surface area (Å²) in [5.74, 6) is -0.677. The van der Waals surface area contributed by atoms with Crippen LogP contribution in [0, 0.1) is 11.3 Å². The lowest BCUT2D eigenvalue weighted by atomic mass is 9.96. The van der Waals surface area contributed by atoms with Crippen molar-refractivity contribution in [2.75, 3.05) is 12.8 Å². The number of benzene rings is 1. The molecule has 32 heavy (non-hydrogen) atoms. The van der Waals surface area contributed by atoms with Gasteiger partial charge in [-0.1, -0.05) is 12.1 Å². The van der Waals surface area contributed by atoms with Crippen LogP contribution in [-0.4, -0.2) is 58.5 Å². The largest absolute Gasteiger partial charge is 0.347 e. The molecule has 0 spiro atoms. The van der Waals surface area contributed by atoms with Gasteiger partial charge in [-0.25, -0.2) is 8.42 Å². The van der Waals surface area contributed by atoms with Crippen molar-refractivity contribution in [1.29, 1.82) is 5.26 Å². The summed E-state index contributed by atoms with van der Waals surface area (Å²) in [5, 5.41) is 16.0. The van der Waals surface area contributed by atoms with Crippen LogP contribution in [0.2, 0.25) is 0 Å². The number of aryl methyl sites for hydroxylation is 1. The van der Waals surface area contributed by atoms with Crippen molar-refractivity contribution >= 4 is 21.7 Å². The fourth-order valence-electron chi connectivity index (χ4n) is 4.24. The van der Waals surface area contributed by atoms with Crippen molar-refractivity contribution in [3.8, 4) is 6.07 Å². The fourth-order valence-corrected chi connectivity index (χ4v) is 5.46. The smallest absolute Gasteiger partial charge is 0.272 e. The molecule has 1 atom stereocenters. The molecule has 2 heterocycles. The highest BCUT2D eigenvalue weighted by molar-refractivity contribution is 7.92. The molecule has 0 radical (unpaired) electrons. The molecule has 1 unspecified atom stereocenters. The number of sulfone groups is 1. The molecule has 1 aromatic carbocycles. The van der Waals surface area contributed by atoms with Gasteiger partial charge in [0.2, 0.25) is 0 Å². The molecule has 1 fully saturated rings. The first kappa shape index (κ1) is 22.0. The van der Waals surface area contributed by atoms with E-state index in [4.69, 9.17) is 5.26 Å². The summed E-state index contributed by atoms with van der Waals surface area (Å²) in [6.45, 7) is 2.30. The number of nitrogens with zero attached hydrogens (tertiary/aromatic N) is 4. The molecule has 1 aliphatic carbocycles. The van der Waals surface area contributed by atoms with Gasteiger partial charge in [0.25, 0.3) is 11.8 Å². The zero-order valence-corrected chi connectivity index (χ0v) is 19.1. The quantitative estimate of drug-likeness (QED) is 0.697. The van der Waals surface area contributed by atoms with Crippen molar-refractivity contribution in [3.63, 3.8) is 0 Å². The Morgan fingerprint density at radius 2 is 1.97 bits per heavy atom. The van der Waals surface area contributed by atoms with Crippen LogP contribution in [0.4, 0.5) is 0 Å². The number of hydrogen-bond donors (Lipinski definition) is 1. The molecule has 0 bridgehead atoms. The Bertz CT molecular complexity index is 1240. The molecule has 168 valence electrons. The second-order valence-electron chi connectivity index (χ2n) is 8.73. The second-order valence-corrected chi connectivity index (χ2v) is 11.1. The Morgan fingerprint density at radius 1 is 1.31 bits per heavy atom. The number of carbonyl (C=O) groups is 2. The first-order chi connectivity index (χ1) is 15.1. The average Bonchev–Trinajstić information content (AvgIpc) is 3.47. The number of carbonyl (C=O) groups excluding carboxylic acids is 2. The van der Waals surface area contributed by atoms with E-state index >= 15 is 0 Å². The summed E-state index contributed by atoms with van der Waals surface area (Å²) in [6.07, 6.45) is 2.77. The molecule has 1 saturated carbocycles. The fraction of sp³-hybridized carbons (Fsp3) is 0.455. The Morgan fingerprint density at radius 3 is 2.53 bits per heavy atom. The van der Waals surface area contributed by atoms with E-state index in [0.29, 0.717) is 36.1 Å². The molecule has 0 saturated heterocycles. The summed E-state index contributed by atoms with van der Waals surface area (Å²) in [5.41, 5.74) is 2.51. The Kier molecular flexibility index (Phi) is 5.33. The SMILES string of the molecule is CC1Cc2c(C(=O)NCc3ccc(C#N)cc3)nn(C)c2C(=O)N1CC1(S(C)(=O)=O)CC1. The Balaban J connectivity index is 1.53. The van der Waals surface area contributed by atoms with Crippen molar-refractivity contribution in [1.82, 2.24) is 20.0 Å². The van der Waals surface area contributed by atoms with Crippen LogP contribution < -0.4 is 5.32 Å². The minimum atomic E-state index is -3.27. The number of hydrogen-bond acceptors (Lipinski definition) is 6. The van der Waals surface area contributed by atoms with Crippen molar-refractivity contribution < 1.29 is 18.0 Å². The predicted octanol–water partition coefficient (Wildman–Crippen LogP) is 1.19. The first-order valence-corrected chi connectivity index (χ1v) is 12.3. The van der Waals surface area contributed by atoms with Gasteiger partial charge >= 0.3 is 0 Å². The van der Waals surface area contributed by atoms with E-state index in [1.807, 2.05) is 6.92 Å². The Labute approximate surface area is 186 Å². The molecule has 10 heteroatoms. The van der Waals surface area contributed by atoms with Crippen LogP contribution in [-0.2, 0) is 29.9 Å². The highest BCUT2D eigenvalue weighted by Gasteiger charge is 2.55. The summed E-state index contributed by atoms with van der Waals surface area (Å²) in [6, 6.07) is 8.71. The highest BCUT2D eigenvalue weighted by atomic mass is 32.2. The van der Waals surface area contributed by atoms with Gasteiger partial charge in [0.05, 0.1) is 16.4 Å². The van der Waals surface area contributed by atoms with E-state index in [-0.39, 0.29) is 36.6 Å². The van der Waals surface area contributed by atoms with Crippen molar-refractivity contribution in [3.05, 3.63) is 52.3 Å². The van der Waals surface area contributed by atoms with Gasteiger partial charge < -0.3 is 10.2 Å². The number of rotatable bonds is 6. The van der Waals surface area contributed by atoms with Crippen LogP contribution >= 0.6 is 0 Å². The molecular formula is C22H25N5O4S. The number of fused-ring (bicyclic) bond motifs is 1. The van der Waals surface area contributed by atoms with Crippen LogP contribution in [0.5, 0.6) is 0 Å². The van der Waals surface area contributed by atoms with E-state index in [1.54, 1.807) is 36.2 Å². The first-order valence-electron chi connectivity index (χ1n) is 10.4. The molecule has 2 amide bonds. The van der Waals surface area contributed by atoms with E-state index in [9.17, 15) is 18.0 Å². The van der Waals surface area contributed by atoms with Crippen LogP contribution in [0.15, 0.2) is 24.3 Å².